The van der Waals surface area contributed by atoms with E-state index in [4.69, 9.17) is 4.74 Å². The number of thioether (sulfide) groups is 1. The lowest BCUT2D eigenvalue weighted by Gasteiger charge is -2.13. The summed E-state index contributed by atoms with van der Waals surface area (Å²) >= 11 is 1.46. The SMILES string of the molecule is CCCCOc1ccc(NC(=O)C(C)Sc2ccc(NC(=O)c3ccc4ccccc4c3)cc2)cc1. The van der Waals surface area contributed by atoms with Crippen molar-refractivity contribution in [2.75, 3.05) is 17.2 Å². The van der Waals surface area contributed by atoms with Crippen molar-refractivity contribution in [3.63, 3.8) is 0 Å². The van der Waals surface area contributed by atoms with Gasteiger partial charge in [-0.2, -0.15) is 0 Å². The minimum absolute atomic E-state index is 0.0756. The number of hydrogen-bond acceptors (Lipinski definition) is 4. The van der Waals surface area contributed by atoms with Gasteiger partial charge in [-0.3, -0.25) is 9.59 Å². The van der Waals surface area contributed by atoms with Crippen molar-refractivity contribution < 1.29 is 14.3 Å². The molecule has 36 heavy (non-hydrogen) atoms. The van der Waals surface area contributed by atoms with Crippen molar-refractivity contribution in [3.05, 3.63) is 96.6 Å². The van der Waals surface area contributed by atoms with Gasteiger partial charge in [0.2, 0.25) is 5.91 Å². The molecule has 1 atom stereocenters. The number of unbranched alkanes of at least 4 members (excludes halogenated alkanes) is 1. The molecule has 4 rings (SSSR count). The van der Waals surface area contributed by atoms with Crippen molar-refractivity contribution in [2.45, 2.75) is 36.8 Å². The second-order valence-electron chi connectivity index (χ2n) is 8.52. The second kappa shape index (κ2) is 12.3. The Morgan fingerprint density at radius 1 is 0.833 bits per heavy atom. The molecule has 1 unspecified atom stereocenters. The lowest BCUT2D eigenvalue weighted by molar-refractivity contribution is -0.115. The summed E-state index contributed by atoms with van der Waals surface area (Å²) in [5.74, 6) is 0.570. The third kappa shape index (κ3) is 6.89. The average molecular weight is 499 g/mol. The Bertz CT molecular complexity index is 1320. The fourth-order valence-electron chi connectivity index (χ4n) is 3.62. The fraction of sp³-hybridized carbons (Fsp3) is 0.200. The largest absolute Gasteiger partial charge is 0.494 e. The van der Waals surface area contributed by atoms with Gasteiger partial charge in [-0.25, -0.2) is 0 Å². The van der Waals surface area contributed by atoms with Crippen LogP contribution >= 0.6 is 11.8 Å². The fourth-order valence-corrected chi connectivity index (χ4v) is 4.49. The molecule has 184 valence electrons. The molecule has 0 heterocycles. The van der Waals surface area contributed by atoms with Crippen LogP contribution in [0.25, 0.3) is 10.8 Å². The van der Waals surface area contributed by atoms with E-state index < -0.39 is 0 Å². The summed E-state index contributed by atoms with van der Waals surface area (Å²) in [6, 6.07) is 28.6. The molecule has 4 aromatic rings. The highest BCUT2D eigenvalue weighted by Gasteiger charge is 2.15. The van der Waals surface area contributed by atoms with Crippen molar-refractivity contribution in [2.24, 2.45) is 0 Å². The molecule has 0 radical (unpaired) electrons. The van der Waals surface area contributed by atoms with E-state index in [1.807, 2.05) is 97.9 Å². The Labute approximate surface area is 216 Å². The Balaban J connectivity index is 1.28. The minimum atomic E-state index is -0.288. The number of carbonyl (C=O) groups excluding carboxylic acids is 2. The summed E-state index contributed by atoms with van der Waals surface area (Å²) < 4.78 is 5.67. The van der Waals surface area contributed by atoms with Gasteiger partial charge in [-0.1, -0.05) is 43.7 Å². The highest BCUT2D eigenvalue weighted by atomic mass is 32.2. The Morgan fingerprint density at radius 2 is 1.50 bits per heavy atom. The van der Waals surface area contributed by atoms with Crippen LogP contribution in [0.15, 0.2) is 95.9 Å². The van der Waals surface area contributed by atoms with E-state index >= 15 is 0 Å². The second-order valence-corrected chi connectivity index (χ2v) is 9.93. The van der Waals surface area contributed by atoms with Gasteiger partial charge >= 0.3 is 0 Å². The van der Waals surface area contributed by atoms with Gasteiger partial charge in [-0.05, 0) is 84.8 Å². The van der Waals surface area contributed by atoms with Gasteiger partial charge in [0.15, 0.2) is 0 Å². The summed E-state index contributed by atoms with van der Waals surface area (Å²) in [7, 11) is 0. The average Bonchev–Trinajstić information content (AvgIpc) is 2.90. The summed E-state index contributed by atoms with van der Waals surface area (Å²) in [4.78, 5) is 26.3. The molecule has 0 spiro atoms. The number of rotatable bonds is 10. The van der Waals surface area contributed by atoms with Gasteiger partial charge in [-0.15, -0.1) is 11.8 Å². The van der Waals surface area contributed by atoms with Gasteiger partial charge < -0.3 is 15.4 Å². The molecule has 0 aliphatic carbocycles. The molecule has 0 bridgehead atoms. The zero-order valence-corrected chi connectivity index (χ0v) is 21.3. The number of ether oxygens (including phenoxy) is 1. The normalized spacial score (nSPS) is 11.6. The van der Waals surface area contributed by atoms with Crippen molar-refractivity contribution >= 4 is 45.7 Å². The molecule has 2 N–H and O–H groups in total. The molecule has 0 aromatic heterocycles. The Kier molecular flexibility index (Phi) is 8.63. The van der Waals surface area contributed by atoms with Gasteiger partial charge in [0.05, 0.1) is 11.9 Å². The van der Waals surface area contributed by atoms with Gasteiger partial charge in [0, 0.05) is 21.8 Å². The maximum absolute atomic E-state index is 12.7. The van der Waals surface area contributed by atoms with Crippen molar-refractivity contribution in [3.8, 4) is 5.75 Å². The first-order valence-corrected chi connectivity index (χ1v) is 13.0. The van der Waals surface area contributed by atoms with E-state index in [1.54, 1.807) is 0 Å². The molecule has 0 aliphatic rings. The number of nitrogens with one attached hydrogen (secondary N) is 2. The van der Waals surface area contributed by atoms with Gasteiger partial charge in [0.1, 0.15) is 5.75 Å². The quantitative estimate of drug-likeness (QED) is 0.177. The topological polar surface area (TPSA) is 67.4 Å². The molecule has 0 saturated heterocycles. The predicted octanol–water partition coefficient (Wildman–Crippen LogP) is 7.39. The number of fused-ring (bicyclic) bond motifs is 1. The molecule has 6 heteroatoms. The molecule has 0 fully saturated rings. The lowest BCUT2D eigenvalue weighted by Crippen LogP contribution is -2.22. The van der Waals surface area contributed by atoms with E-state index in [1.165, 1.54) is 11.8 Å². The molecular weight excluding hydrogens is 468 g/mol. The van der Waals surface area contributed by atoms with Crippen LogP contribution in [0.1, 0.15) is 37.0 Å². The summed E-state index contributed by atoms with van der Waals surface area (Å²) in [5.41, 5.74) is 2.05. The third-order valence-corrected chi connectivity index (χ3v) is 6.81. The predicted molar refractivity (Wildman–Crippen MR) is 149 cm³/mol. The van der Waals surface area contributed by atoms with E-state index in [-0.39, 0.29) is 17.1 Å². The molecule has 2 amide bonds. The van der Waals surface area contributed by atoms with Crippen LogP contribution in [-0.4, -0.2) is 23.7 Å². The van der Waals surface area contributed by atoms with Crippen LogP contribution in [0.5, 0.6) is 5.75 Å². The minimum Gasteiger partial charge on any atom is -0.494 e. The maximum Gasteiger partial charge on any atom is 0.255 e. The monoisotopic (exact) mass is 498 g/mol. The van der Waals surface area contributed by atoms with E-state index in [0.29, 0.717) is 17.9 Å². The van der Waals surface area contributed by atoms with E-state index in [0.717, 1.165) is 39.9 Å². The zero-order valence-electron chi connectivity index (χ0n) is 20.5. The highest BCUT2D eigenvalue weighted by molar-refractivity contribution is 8.00. The summed E-state index contributed by atoms with van der Waals surface area (Å²) in [6.45, 7) is 4.69. The summed E-state index contributed by atoms with van der Waals surface area (Å²) in [5, 5.41) is 7.73. The highest BCUT2D eigenvalue weighted by Crippen LogP contribution is 2.26. The van der Waals surface area contributed by atoms with Crippen LogP contribution in [0, 0.1) is 0 Å². The van der Waals surface area contributed by atoms with Crippen LogP contribution in [0.2, 0.25) is 0 Å². The first-order valence-electron chi connectivity index (χ1n) is 12.1. The van der Waals surface area contributed by atoms with E-state index in [2.05, 4.69) is 17.6 Å². The first-order chi connectivity index (χ1) is 17.5. The molecular formula is C30H30N2O3S. The van der Waals surface area contributed by atoms with Crippen molar-refractivity contribution in [1.29, 1.82) is 0 Å². The summed E-state index contributed by atoms with van der Waals surface area (Å²) in [6.07, 6.45) is 2.11. The van der Waals surface area contributed by atoms with Crippen LogP contribution < -0.4 is 15.4 Å². The lowest BCUT2D eigenvalue weighted by atomic mass is 10.1. The smallest absolute Gasteiger partial charge is 0.255 e. The standard InChI is InChI=1S/C30H30N2O3S/c1-3-4-19-35-27-15-11-25(12-16-27)31-29(33)21(2)36-28-17-13-26(14-18-28)32-30(34)24-10-9-22-7-5-6-8-23(22)20-24/h5-18,20-21H,3-4,19H2,1-2H3,(H,31,33)(H,32,34). The number of amides is 2. The number of benzene rings is 4. The first kappa shape index (κ1) is 25.3. The van der Waals surface area contributed by atoms with Crippen LogP contribution in [-0.2, 0) is 4.79 Å². The van der Waals surface area contributed by atoms with Crippen LogP contribution in [0.3, 0.4) is 0 Å². The molecule has 5 nitrogen and oxygen atoms in total. The number of hydrogen-bond donors (Lipinski definition) is 2. The molecule has 0 aliphatic heterocycles. The third-order valence-electron chi connectivity index (χ3n) is 5.69. The van der Waals surface area contributed by atoms with E-state index in [9.17, 15) is 9.59 Å². The van der Waals surface area contributed by atoms with Crippen LogP contribution in [0.4, 0.5) is 11.4 Å². The van der Waals surface area contributed by atoms with Gasteiger partial charge in [0.25, 0.3) is 5.91 Å². The molecule has 0 saturated carbocycles. The maximum atomic E-state index is 12.7. The van der Waals surface area contributed by atoms with Crippen molar-refractivity contribution in [1.82, 2.24) is 0 Å². The zero-order chi connectivity index (χ0) is 25.3. The Morgan fingerprint density at radius 3 is 2.22 bits per heavy atom. The number of anilines is 2. The number of carbonyl (C=O) groups is 2. The molecule has 4 aromatic carbocycles. The Hall–Kier alpha value is -3.77.